The quantitative estimate of drug-likeness (QED) is 0.521. The molecule has 8 heteroatoms. The largest absolute Gasteiger partial charge is 0.481 e. The number of nitrogens with zero attached hydrogens (tertiary/aromatic N) is 2. The van der Waals surface area contributed by atoms with Crippen LogP contribution in [-0.4, -0.2) is 45.7 Å². The zero-order chi connectivity index (χ0) is 25.7. The fraction of sp³-hybridized carbons (Fsp3) is 0.429. The van der Waals surface area contributed by atoms with Gasteiger partial charge in [-0.2, -0.15) is 0 Å². The number of hydrogen-bond donors (Lipinski definition) is 2. The van der Waals surface area contributed by atoms with Crippen LogP contribution < -0.4 is 5.32 Å². The highest BCUT2D eigenvalue weighted by molar-refractivity contribution is 6.46. The van der Waals surface area contributed by atoms with Gasteiger partial charge in [0.1, 0.15) is 17.2 Å². The van der Waals surface area contributed by atoms with E-state index in [0.717, 1.165) is 50.5 Å². The van der Waals surface area contributed by atoms with Gasteiger partial charge < -0.3 is 15.3 Å². The molecule has 1 spiro atoms. The standard InChI is InChI=1S/C28H32FN3O4/c1-2-7-23(19-10-12-20(13-11-19)26(35)30-17-14-24(33)34)32-27(36)25(21-8-6-9-22(29)18-21)31-28(32)15-4-3-5-16-28/h6,8-13,18,23H,2-5,7,14-17H2,1H3,(H,30,35)(H,33,34)/t23-/m1/s1. The molecule has 0 unspecified atom stereocenters. The van der Waals surface area contributed by atoms with Gasteiger partial charge in [0, 0.05) is 17.7 Å². The molecule has 1 aliphatic carbocycles. The van der Waals surface area contributed by atoms with Crippen LogP contribution in [-0.2, 0) is 9.59 Å². The molecule has 2 aromatic carbocycles. The van der Waals surface area contributed by atoms with Crippen molar-refractivity contribution in [3.8, 4) is 0 Å². The minimum absolute atomic E-state index is 0.0549. The van der Waals surface area contributed by atoms with Crippen LogP contribution in [0.4, 0.5) is 4.39 Å². The normalized spacial score (nSPS) is 17.7. The number of nitrogens with one attached hydrogen (secondary N) is 1. The Labute approximate surface area is 210 Å². The van der Waals surface area contributed by atoms with Gasteiger partial charge in [0.05, 0.1) is 12.5 Å². The van der Waals surface area contributed by atoms with E-state index in [0.29, 0.717) is 16.8 Å². The molecule has 0 aromatic heterocycles. The molecule has 0 radical (unpaired) electrons. The van der Waals surface area contributed by atoms with Crippen molar-refractivity contribution >= 4 is 23.5 Å². The predicted molar refractivity (Wildman–Crippen MR) is 134 cm³/mol. The highest BCUT2D eigenvalue weighted by atomic mass is 19.1. The Kier molecular flexibility index (Phi) is 7.82. The van der Waals surface area contributed by atoms with Crippen LogP contribution in [0.1, 0.15) is 85.8 Å². The van der Waals surface area contributed by atoms with Gasteiger partial charge in [-0.05, 0) is 61.9 Å². The van der Waals surface area contributed by atoms with Crippen molar-refractivity contribution in [1.82, 2.24) is 10.2 Å². The van der Waals surface area contributed by atoms with E-state index >= 15 is 0 Å². The van der Waals surface area contributed by atoms with E-state index in [4.69, 9.17) is 10.1 Å². The molecule has 2 amide bonds. The Hall–Kier alpha value is -3.55. The first-order valence-corrected chi connectivity index (χ1v) is 12.6. The number of benzene rings is 2. The molecule has 2 aromatic rings. The van der Waals surface area contributed by atoms with Crippen molar-refractivity contribution in [3.05, 3.63) is 71.0 Å². The fourth-order valence-corrected chi connectivity index (χ4v) is 5.30. The highest BCUT2D eigenvalue weighted by Gasteiger charge is 2.50. The molecule has 1 fully saturated rings. The first-order chi connectivity index (χ1) is 17.3. The molecule has 2 N–H and O–H groups in total. The second-order valence-corrected chi connectivity index (χ2v) is 9.52. The van der Waals surface area contributed by atoms with E-state index in [2.05, 4.69) is 12.2 Å². The van der Waals surface area contributed by atoms with Crippen LogP contribution in [0.5, 0.6) is 0 Å². The summed E-state index contributed by atoms with van der Waals surface area (Å²) in [5, 5.41) is 11.4. The number of aliphatic carboxylic acids is 1. The number of hydrogen-bond acceptors (Lipinski definition) is 4. The number of carboxylic acid groups (broad SMARTS) is 1. The molecule has 36 heavy (non-hydrogen) atoms. The molecular weight excluding hydrogens is 461 g/mol. The van der Waals surface area contributed by atoms with Crippen LogP contribution in [0.3, 0.4) is 0 Å². The molecule has 1 heterocycles. The smallest absolute Gasteiger partial charge is 0.305 e. The Morgan fingerprint density at radius 3 is 2.50 bits per heavy atom. The molecule has 4 rings (SSSR count). The zero-order valence-corrected chi connectivity index (χ0v) is 20.5. The van der Waals surface area contributed by atoms with E-state index in [9.17, 15) is 18.8 Å². The summed E-state index contributed by atoms with van der Waals surface area (Å²) < 4.78 is 14.0. The number of aliphatic imine (C=N–C) groups is 1. The maximum absolute atomic E-state index is 14.0. The van der Waals surface area contributed by atoms with Gasteiger partial charge in [0.25, 0.3) is 11.8 Å². The minimum Gasteiger partial charge on any atom is -0.481 e. The third-order valence-electron chi connectivity index (χ3n) is 7.00. The highest BCUT2D eigenvalue weighted by Crippen LogP contribution is 2.45. The topological polar surface area (TPSA) is 99.1 Å². The van der Waals surface area contributed by atoms with Gasteiger partial charge in [-0.25, -0.2) is 4.39 Å². The van der Waals surface area contributed by atoms with E-state index in [1.807, 2.05) is 17.0 Å². The summed E-state index contributed by atoms with van der Waals surface area (Å²) in [6.07, 6.45) is 5.99. The Morgan fingerprint density at radius 1 is 1.14 bits per heavy atom. The van der Waals surface area contributed by atoms with Crippen molar-refractivity contribution < 1.29 is 23.9 Å². The lowest BCUT2D eigenvalue weighted by Gasteiger charge is -2.44. The first-order valence-electron chi connectivity index (χ1n) is 12.6. The van der Waals surface area contributed by atoms with Crippen molar-refractivity contribution in [1.29, 1.82) is 0 Å². The van der Waals surface area contributed by atoms with Gasteiger partial charge in [-0.15, -0.1) is 0 Å². The molecule has 0 saturated heterocycles. The number of halogens is 1. The first kappa shape index (κ1) is 25.5. The van der Waals surface area contributed by atoms with Gasteiger partial charge in [0.2, 0.25) is 0 Å². The molecule has 7 nitrogen and oxygen atoms in total. The summed E-state index contributed by atoms with van der Waals surface area (Å²) in [6, 6.07) is 12.9. The lowest BCUT2D eigenvalue weighted by molar-refractivity contribution is -0.137. The van der Waals surface area contributed by atoms with E-state index < -0.39 is 17.4 Å². The Morgan fingerprint density at radius 2 is 1.86 bits per heavy atom. The SMILES string of the molecule is CCC[C@H](c1ccc(C(=O)NCCC(=O)O)cc1)N1C(=O)C(c2cccc(F)c2)=NC12CCCCC2. The van der Waals surface area contributed by atoms with E-state index in [-0.39, 0.29) is 30.8 Å². The minimum atomic E-state index is -0.972. The molecule has 2 aliphatic rings. The summed E-state index contributed by atoms with van der Waals surface area (Å²) in [4.78, 5) is 43.9. The fourth-order valence-electron chi connectivity index (χ4n) is 5.30. The molecular formula is C28H32FN3O4. The average Bonchev–Trinajstić information content (AvgIpc) is 3.14. The summed E-state index contributed by atoms with van der Waals surface area (Å²) >= 11 is 0. The zero-order valence-electron chi connectivity index (χ0n) is 20.5. The summed E-state index contributed by atoms with van der Waals surface area (Å²) in [5.74, 6) is -1.90. The third kappa shape index (κ3) is 5.32. The number of carboxylic acids is 1. The third-order valence-corrected chi connectivity index (χ3v) is 7.00. The van der Waals surface area contributed by atoms with Crippen LogP contribution in [0.15, 0.2) is 53.5 Å². The van der Waals surface area contributed by atoms with Gasteiger partial charge in [-0.3, -0.25) is 19.4 Å². The van der Waals surface area contributed by atoms with Crippen LogP contribution in [0.2, 0.25) is 0 Å². The lowest BCUT2D eigenvalue weighted by Crippen LogP contribution is -2.50. The molecule has 0 bridgehead atoms. The van der Waals surface area contributed by atoms with E-state index in [1.165, 1.54) is 12.1 Å². The number of carbonyl (C=O) groups is 3. The summed E-state index contributed by atoms with van der Waals surface area (Å²) in [7, 11) is 0. The Balaban J connectivity index is 1.64. The maximum atomic E-state index is 14.0. The van der Waals surface area contributed by atoms with Crippen LogP contribution in [0, 0.1) is 5.82 Å². The van der Waals surface area contributed by atoms with Gasteiger partial charge in [-0.1, -0.05) is 44.0 Å². The van der Waals surface area contributed by atoms with Crippen molar-refractivity contribution in [2.75, 3.05) is 6.54 Å². The van der Waals surface area contributed by atoms with Gasteiger partial charge in [0.15, 0.2) is 0 Å². The van der Waals surface area contributed by atoms with Crippen molar-refractivity contribution in [2.45, 2.75) is 70.0 Å². The second-order valence-electron chi connectivity index (χ2n) is 9.52. The van der Waals surface area contributed by atoms with Crippen LogP contribution >= 0.6 is 0 Å². The van der Waals surface area contributed by atoms with E-state index in [1.54, 1.807) is 24.3 Å². The number of carbonyl (C=O) groups excluding carboxylic acids is 2. The second kappa shape index (κ2) is 11.0. The van der Waals surface area contributed by atoms with Crippen molar-refractivity contribution in [3.63, 3.8) is 0 Å². The molecule has 1 aliphatic heterocycles. The molecule has 190 valence electrons. The maximum Gasteiger partial charge on any atom is 0.305 e. The van der Waals surface area contributed by atoms with Crippen LogP contribution in [0.25, 0.3) is 0 Å². The Bertz CT molecular complexity index is 1160. The monoisotopic (exact) mass is 493 g/mol. The molecule has 1 saturated carbocycles. The number of rotatable bonds is 9. The summed E-state index contributed by atoms with van der Waals surface area (Å²) in [5.41, 5.74) is 1.50. The number of amides is 2. The summed E-state index contributed by atoms with van der Waals surface area (Å²) in [6.45, 7) is 2.12. The lowest BCUT2D eigenvalue weighted by atomic mass is 9.86. The average molecular weight is 494 g/mol. The van der Waals surface area contributed by atoms with Crippen molar-refractivity contribution in [2.24, 2.45) is 4.99 Å². The van der Waals surface area contributed by atoms with Gasteiger partial charge >= 0.3 is 5.97 Å². The predicted octanol–water partition coefficient (Wildman–Crippen LogP) is 4.86. The molecule has 1 atom stereocenters.